The highest BCUT2D eigenvalue weighted by atomic mass is 16.5. The van der Waals surface area contributed by atoms with Gasteiger partial charge in [0.1, 0.15) is 0 Å². The van der Waals surface area contributed by atoms with Gasteiger partial charge in [0.2, 0.25) is 5.91 Å². The van der Waals surface area contributed by atoms with Gasteiger partial charge in [-0.05, 0) is 32.1 Å². The summed E-state index contributed by atoms with van der Waals surface area (Å²) in [5, 5.41) is 3.09. The number of ether oxygens (including phenoxy) is 1. The Morgan fingerprint density at radius 2 is 2.45 bits per heavy atom. The van der Waals surface area contributed by atoms with Gasteiger partial charge in [-0.15, -0.1) is 0 Å². The Balaban J connectivity index is 1.84. The van der Waals surface area contributed by atoms with E-state index in [1.54, 1.807) is 13.3 Å². The van der Waals surface area contributed by atoms with Gasteiger partial charge in [0.25, 0.3) is 0 Å². The number of carbonyl (C=O) groups excluding carboxylic acids is 1. The first kappa shape index (κ1) is 15.0. The number of nitrogens with zero attached hydrogens (tertiary/aromatic N) is 2. The SMILES string of the molecule is COCCCC(N)C(=O)NC1CCCC1n1ccnc1. The van der Waals surface area contributed by atoms with Gasteiger partial charge in [-0.2, -0.15) is 0 Å². The maximum absolute atomic E-state index is 12.1. The number of imidazole rings is 1. The molecule has 3 N–H and O–H groups in total. The standard InChI is InChI=1S/C14H24N4O2/c1-20-9-3-4-11(15)14(19)17-12-5-2-6-13(12)18-8-7-16-10-18/h7-8,10-13H,2-6,9,15H2,1H3,(H,17,19). The van der Waals surface area contributed by atoms with Crippen molar-refractivity contribution in [1.29, 1.82) is 0 Å². The number of nitrogens with two attached hydrogens (primary N) is 1. The highest BCUT2D eigenvalue weighted by molar-refractivity contribution is 5.81. The molecule has 20 heavy (non-hydrogen) atoms. The molecule has 0 bridgehead atoms. The third kappa shape index (κ3) is 3.80. The lowest BCUT2D eigenvalue weighted by Crippen LogP contribution is -2.46. The van der Waals surface area contributed by atoms with Gasteiger partial charge >= 0.3 is 0 Å². The van der Waals surface area contributed by atoms with E-state index in [0.29, 0.717) is 19.1 Å². The van der Waals surface area contributed by atoms with Gasteiger partial charge in [-0.1, -0.05) is 0 Å². The van der Waals surface area contributed by atoms with Crippen LogP contribution in [0.4, 0.5) is 0 Å². The molecule has 6 heteroatoms. The molecule has 0 spiro atoms. The van der Waals surface area contributed by atoms with Crippen molar-refractivity contribution in [3.8, 4) is 0 Å². The molecule has 1 aliphatic rings. The average molecular weight is 280 g/mol. The van der Waals surface area contributed by atoms with Crippen molar-refractivity contribution in [3.05, 3.63) is 18.7 Å². The van der Waals surface area contributed by atoms with Crippen molar-refractivity contribution in [2.45, 2.75) is 50.2 Å². The van der Waals surface area contributed by atoms with Crippen molar-refractivity contribution in [2.24, 2.45) is 5.73 Å². The number of methoxy groups -OCH3 is 1. The summed E-state index contributed by atoms with van der Waals surface area (Å²) in [5.41, 5.74) is 5.91. The zero-order valence-corrected chi connectivity index (χ0v) is 12.0. The van der Waals surface area contributed by atoms with E-state index in [4.69, 9.17) is 10.5 Å². The summed E-state index contributed by atoms with van der Waals surface area (Å²) in [4.78, 5) is 16.2. The van der Waals surface area contributed by atoms with Crippen molar-refractivity contribution in [2.75, 3.05) is 13.7 Å². The van der Waals surface area contributed by atoms with Crippen molar-refractivity contribution in [3.63, 3.8) is 0 Å². The van der Waals surface area contributed by atoms with Gasteiger partial charge in [0, 0.05) is 32.2 Å². The third-order valence-electron chi connectivity index (χ3n) is 3.92. The largest absolute Gasteiger partial charge is 0.385 e. The van der Waals surface area contributed by atoms with Gasteiger partial charge in [0.15, 0.2) is 0 Å². The van der Waals surface area contributed by atoms with E-state index >= 15 is 0 Å². The molecule has 0 radical (unpaired) electrons. The van der Waals surface area contributed by atoms with E-state index in [1.807, 2.05) is 12.5 Å². The van der Waals surface area contributed by atoms with E-state index in [2.05, 4.69) is 14.9 Å². The Labute approximate surface area is 119 Å². The quantitative estimate of drug-likeness (QED) is 0.725. The Hall–Kier alpha value is -1.40. The minimum Gasteiger partial charge on any atom is -0.385 e. The lowest BCUT2D eigenvalue weighted by molar-refractivity contribution is -0.123. The summed E-state index contributed by atoms with van der Waals surface area (Å²) in [6, 6.07) is 0.00647. The smallest absolute Gasteiger partial charge is 0.237 e. The lowest BCUT2D eigenvalue weighted by atomic mass is 10.1. The highest BCUT2D eigenvalue weighted by Crippen LogP contribution is 2.29. The van der Waals surface area contributed by atoms with Crippen LogP contribution in [0.3, 0.4) is 0 Å². The zero-order valence-electron chi connectivity index (χ0n) is 12.0. The number of nitrogens with one attached hydrogen (secondary N) is 1. The molecular weight excluding hydrogens is 256 g/mol. The second-order valence-corrected chi connectivity index (χ2v) is 5.36. The molecule has 2 rings (SSSR count). The molecule has 112 valence electrons. The first-order valence-electron chi connectivity index (χ1n) is 7.24. The fraction of sp³-hybridized carbons (Fsp3) is 0.714. The van der Waals surface area contributed by atoms with Gasteiger partial charge in [-0.25, -0.2) is 4.98 Å². The summed E-state index contributed by atoms with van der Waals surface area (Å²) in [7, 11) is 1.65. The third-order valence-corrected chi connectivity index (χ3v) is 3.92. The average Bonchev–Trinajstić information content (AvgIpc) is 3.08. The van der Waals surface area contributed by atoms with E-state index in [0.717, 1.165) is 25.7 Å². The Kier molecular flexibility index (Phi) is 5.55. The second kappa shape index (κ2) is 7.40. The Bertz CT molecular complexity index is 407. The number of carbonyl (C=O) groups is 1. The Morgan fingerprint density at radius 3 is 3.15 bits per heavy atom. The van der Waals surface area contributed by atoms with E-state index in [1.165, 1.54) is 0 Å². The van der Waals surface area contributed by atoms with Gasteiger partial charge < -0.3 is 20.4 Å². The molecule has 0 aromatic carbocycles. The number of hydrogen-bond donors (Lipinski definition) is 2. The van der Waals surface area contributed by atoms with Crippen molar-refractivity contribution >= 4 is 5.91 Å². The van der Waals surface area contributed by atoms with Crippen LogP contribution in [0, 0.1) is 0 Å². The van der Waals surface area contributed by atoms with Crippen LogP contribution >= 0.6 is 0 Å². The summed E-state index contributed by atoms with van der Waals surface area (Å²) in [6.45, 7) is 0.641. The fourth-order valence-electron chi connectivity index (χ4n) is 2.80. The minimum atomic E-state index is -0.450. The van der Waals surface area contributed by atoms with Crippen LogP contribution in [-0.2, 0) is 9.53 Å². The van der Waals surface area contributed by atoms with Gasteiger partial charge in [-0.3, -0.25) is 4.79 Å². The molecule has 3 atom stereocenters. The lowest BCUT2D eigenvalue weighted by Gasteiger charge is -2.23. The summed E-state index contributed by atoms with van der Waals surface area (Å²) >= 11 is 0. The molecule has 1 fully saturated rings. The normalized spacial score (nSPS) is 23.7. The second-order valence-electron chi connectivity index (χ2n) is 5.36. The topological polar surface area (TPSA) is 82.2 Å². The van der Waals surface area contributed by atoms with Crippen LogP contribution in [0.15, 0.2) is 18.7 Å². The molecule has 1 aromatic rings. The number of rotatable bonds is 7. The maximum atomic E-state index is 12.1. The summed E-state index contributed by atoms with van der Waals surface area (Å²) in [6.07, 6.45) is 10.2. The number of hydrogen-bond acceptors (Lipinski definition) is 4. The predicted molar refractivity (Wildman–Crippen MR) is 76.1 cm³/mol. The van der Waals surface area contributed by atoms with Crippen LogP contribution in [0.2, 0.25) is 0 Å². The van der Waals surface area contributed by atoms with Crippen molar-refractivity contribution in [1.82, 2.24) is 14.9 Å². The zero-order chi connectivity index (χ0) is 14.4. The van der Waals surface area contributed by atoms with Gasteiger partial charge in [0.05, 0.1) is 18.4 Å². The van der Waals surface area contributed by atoms with Crippen LogP contribution in [-0.4, -0.2) is 41.3 Å². The Morgan fingerprint density at radius 1 is 1.60 bits per heavy atom. The molecule has 0 saturated heterocycles. The molecule has 1 amide bonds. The van der Waals surface area contributed by atoms with Crippen molar-refractivity contribution < 1.29 is 9.53 Å². The molecule has 3 unspecified atom stereocenters. The van der Waals surface area contributed by atoms with Crippen LogP contribution < -0.4 is 11.1 Å². The molecule has 0 aliphatic heterocycles. The minimum absolute atomic E-state index is 0.0573. The number of amides is 1. The summed E-state index contributed by atoms with van der Waals surface area (Å²) in [5.74, 6) is -0.0573. The highest BCUT2D eigenvalue weighted by Gasteiger charge is 2.30. The molecule has 1 aliphatic carbocycles. The van der Waals surface area contributed by atoms with E-state index in [-0.39, 0.29) is 11.9 Å². The monoisotopic (exact) mass is 280 g/mol. The fourth-order valence-corrected chi connectivity index (χ4v) is 2.80. The summed E-state index contributed by atoms with van der Waals surface area (Å²) < 4.78 is 7.05. The molecule has 1 aromatic heterocycles. The molecular formula is C14H24N4O2. The predicted octanol–water partition coefficient (Wildman–Crippen LogP) is 0.847. The van der Waals surface area contributed by atoms with Crippen LogP contribution in [0.5, 0.6) is 0 Å². The van der Waals surface area contributed by atoms with Crippen LogP contribution in [0.1, 0.15) is 38.1 Å². The molecule has 1 saturated carbocycles. The molecule has 6 nitrogen and oxygen atoms in total. The first-order valence-corrected chi connectivity index (χ1v) is 7.24. The molecule has 1 heterocycles. The van der Waals surface area contributed by atoms with E-state index in [9.17, 15) is 4.79 Å². The van der Waals surface area contributed by atoms with E-state index < -0.39 is 6.04 Å². The number of aromatic nitrogens is 2. The first-order chi connectivity index (χ1) is 9.72. The maximum Gasteiger partial charge on any atom is 0.237 e. The van der Waals surface area contributed by atoms with Crippen LogP contribution in [0.25, 0.3) is 0 Å².